The van der Waals surface area contributed by atoms with E-state index in [9.17, 15) is 19.0 Å². The number of nitrogens with zero attached hydrogens (tertiary/aromatic N) is 1. The van der Waals surface area contributed by atoms with Crippen LogP contribution in [0.5, 0.6) is 0 Å². The molecule has 0 aliphatic carbocycles. The first kappa shape index (κ1) is 64.9. The molecule has 390 valence electrons. The van der Waals surface area contributed by atoms with Gasteiger partial charge in [-0.25, -0.2) is 0 Å². The van der Waals surface area contributed by atoms with Gasteiger partial charge in [0.25, 0.3) is 7.82 Å². The van der Waals surface area contributed by atoms with E-state index in [0.717, 1.165) is 70.6 Å². The van der Waals surface area contributed by atoms with Crippen LogP contribution in [-0.2, 0) is 27.9 Å². The number of phosphoric ester groups is 1. The monoisotopic (exact) mass is 969 g/mol. The van der Waals surface area contributed by atoms with E-state index in [2.05, 4.69) is 50.4 Å². The number of hydrogen-bond donors (Lipinski definition) is 1. The number of hydrogen-bond acceptors (Lipinski definition) is 7. The highest BCUT2D eigenvalue weighted by Crippen LogP contribution is 2.38. The minimum absolute atomic E-state index is 0.0374. The number of phosphoric acid groups is 1. The Bertz CT molecular complexity index is 1490. The topological polar surface area (TPSA) is 114 Å². The molecule has 10 heteroatoms. The van der Waals surface area contributed by atoms with Crippen LogP contribution < -0.4 is 10.2 Å². The molecule has 0 rings (SSSR count). The van der Waals surface area contributed by atoms with E-state index >= 15 is 0 Å². The molecule has 0 aliphatic heterocycles. The van der Waals surface area contributed by atoms with Gasteiger partial charge in [0.2, 0.25) is 5.91 Å². The second kappa shape index (κ2) is 47.6. The van der Waals surface area contributed by atoms with Crippen molar-refractivity contribution in [3.63, 3.8) is 0 Å². The molecule has 0 heterocycles. The molecule has 0 aliphatic rings. The zero-order chi connectivity index (χ0) is 50.1. The standard InChI is InChI=1S/C58H101N2O7P/c1-7-10-13-16-19-22-25-27-29-30-31-33-36-39-42-45-48-51-58(62)67-56(49-46-43-40-37-34-24-21-18-15-12-9-3)55(54-66-68(63,64)65-53-52-60(4,5)6)59-57(61)50-47-44-41-38-35-32-28-26-23-20-17-14-11-8-2/h10,13,16,19,22,25,27,29-33,35-36,46,49,55-56H,7-9,11-12,14-15,17-18,20-21,23-24,26,28,34,37-45,47-48,50-54H2,1-6H3,(H-,59,61,63,64)/b13-10-,19-16+,25-22+,29-27-,31-30+,35-32-,36-33+,49-46+. The lowest BCUT2D eigenvalue weighted by Crippen LogP contribution is -2.47. The molecular weight excluding hydrogens is 868 g/mol. The number of amides is 1. The molecule has 0 saturated carbocycles. The SMILES string of the molecule is CC\C=C/C=C/C=C/C=C\C=C\C=C\CCCCCC(=O)OC(/C=C/CCCCCCCCCCC)C(COP(=O)([O-])OCC[N+](C)(C)C)NC(=O)CCCCC/C=C\CCCCCCCCC. The van der Waals surface area contributed by atoms with E-state index in [1.54, 1.807) is 6.08 Å². The van der Waals surface area contributed by atoms with Crippen molar-refractivity contribution in [2.75, 3.05) is 40.9 Å². The van der Waals surface area contributed by atoms with E-state index in [0.29, 0.717) is 23.9 Å². The maximum absolute atomic E-state index is 13.4. The van der Waals surface area contributed by atoms with Gasteiger partial charge < -0.3 is 28.5 Å². The Balaban J connectivity index is 5.50. The molecule has 1 amide bonds. The van der Waals surface area contributed by atoms with Crippen LogP contribution >= 0.6 is 7.82 Å². The molecule has 0 aromatic carbocycles. The van der Waals surface area contributed by atoms with E-state index in [1.807, 2.05) is 88.0 Å². The van der Waals surface area contributed by atoms with Gasteiger partial charge in [-0.2, -0.15) is 0 Å². The van der Waals surface area contributed by atoms with Crippen molar-refractivity contribution >= 4 is 19.7 Å². The normalized spacial score (nSPS) is 14.6. The predicted octanol–water partition coefficient (Wildman–Crippen LogP) is 15.4. The number of ether oxygens (including phenoxy) is 1. The van der Waals surface area contributed by atoms with Crippen molar-refractivity contribution in [2.45, 2.75) is 219 Å². The lowest BCUT2D eigenvalue weighted by molar-refractivity contribution is -0.870. The first-order valence-electron chi connectivity index (χ1n) is 27.1. The quantitative estimate of drug-likeness (QED) is 0.0161. The van der Waals surface area contributed by atoms with Gasteiger partial charge in [-0.3, -0.25) is 14.2 Å². The van der Waals surface area contributed by atoms with E-state index in [1.165, 1.54) is 89.9 Å². The summed E-state index contributed by atoms with van der Waals surface area (Å²) >= 11 is 0. The van der Waals surface area contributed by atoms with Crippen molar-refractivity contribution in [3.8, 4) is 0 Å². The Kier molecular flexibility index (Phi) is 45.5. The van der Waals surface area contributed by atoms with Gasteiger partial charge in [-0.05, 0) is 76.7 Å². The lowest BCUT2D eigenvalue weighted by atomic mass is 10.1. The second-order valence-corrected chi connectivity index (χ2v) is 20.6. The molecule has 3 atom stereocenters. The Labute approximate surface area is 418 Å². The van der Waals surface area contributed by atoms with Crippen LogP contribution in [-0.4, -0.2) is 69.4 Å². The van der Waals surface area contributed by atoms with E-state index in [4.69, 9.17) is 13.8 Å². The molecule has 0 aromatic rings. The molecule has 1 N–H and O–H groups in total. The number of nitrogens with one attached hydrogen (secondary N) is 1. The molecule has 68 heavy (non-hydrogen) atoms. The maximum Gasteiger partial charge on any atom is 0.306 e. The minimum atomic E-state index is -4.71. The summed E-state index contributed by atoms with van der Waals surface area (Å²) in [5, 5.41) is 2.99. The molecule has 0 radical (unpaired) electrons. The third kappa shape index (κ3) is 48.0. The number of quaternary nitrogens is 1. The summed E-state index contributed by atoms with van der Waals surface area (Å²) in [6.45, 7) is 6.61. The molecule has 0 aromatic heterocycles. The average Bonchev–Trinajstić information content (AvgIpc) is 3.29. The van der Waals surface area contributed by atoms with Crippen LogP contribution in [0.15, 0.2) is 97.2 Å². The first-order valence-corrected chi connectivity index (χ1v) is 28.6. The fourth-order valence-electron chi connectivity index (χ4n) is 7.19. The van der Waals surface area contributed by atoms with Gasteiger partial charge in [-0.15, -0.1) is 0 Å². The maximum atomic E-state index is 13.4. The smallest absolute Gasteiger partial charge is 0.306 e. The van der Waals surface area contributed by atoms with Crippen LogP contribution in [0.4, 0.5) is 0 Å². The summed E-state index contributed by atoms with van der Waals surface area (Å²) < 4.78 is 30.1. The number of carbonyl (C=O) groups is 2. The van der Waals surface area contributed by atoms with E-state index in [-0.39, 0.29) is 25.4 Å². The van der Waals surface area contributed by atoms with Gasteiger partial charge in [-0.1, -0.05) is 215 Å². The molecule has 0 spiro atoms. The predicted molar refractivity (Wildman–Crippen MR) is 288 cm³/mol. The van der Waals surface area contributed by atoms with Crippen LogP contribution in [0.3, 0.4) is 0 Å². The third-order valence-corrected chi connectivity index (χ3v) is 12.4. The lowest BCUT2D eigenvalue weighted by Gasteiger charge is -2.30. The highest BCUT2D eigenvalue weighted by atomic mass is 31.2. The Morgan fingerprint density at radius 3 is 1.46 bits per heavy atom. The molecular formula is C58H101N2O7P. The highest BCUT2D eigenvalue weighted by molar-refractivity contribution is 7.45. The van der Waals surface area contributed by atoms with Crippen molar-refractivity contribution in [1.29, 1.82) is 0 Å². The summed E-state index contributed by atoms with van der Waals surface area (Å²) in [6, 6.07) is -0.918. The van der Waals surface area contributed by atoms with Crippen molar-refractivity contribution in [3.05, 3.63) is 97.2 Å². The van der Waals surface area contributed by atoms with Gasteiger partial charge >= 0.3 is 5.97 Å². The highest BCUT2D eigenvalue weighted by Gasteiger charge is 2.27. The minimum Gasteiger partial charge on any atom is -0.756 e. The summed E-state index contributed by atoms with van der Waals surface area (Å²) in [6.07, 6.45) is 62.3. The van der Waals surface area contributed by atoms with Crippen molar-refractivity contribution in [2.24, 2.45) is 0 Å². The summed E-state index contributed by atoms with van der Waals surface area (Å²) in [5.74, 6) is -0.619. The fraction of sp³-hybridized carbons (Fsp3) is 0.690. The van der Waals surface area contributed by atoms with Gasteiger partial charge in [0.1, 0.15) is 19.3 Å². The fourth-order valence-corrected chi connectivity index (χ4v) is 7.92. The van der Waals surface area contributed by atoms with Crippen molar-refractivity contribution < 1.29 is 37.3 Å². The average molecular weight is 969 g/mol. The molecule has 0 fully saturated rings. The van der Waals surface area contributed by atoms with Gasteiger partial charge in [0.05, 0.1) is 33.8 Å². The molecule has 3 unspecified atom stereocenters. The molecule has 0 saturated heterocycles. The zero-order valence-electron chi connectivity index (χ0n) is 44.3. The summed E-state index contributed by atoms with van der Waals surface area (Å²) in [5.41, 5.74) is 0. The Morgan fingerprint density at radius 2 is 0.956 bits per heavy atom. The Morgan fingerprint density at radius 1 is 0.529 bits per heavy atom. The number of unbranched alkanes of at least 4 members (excludes halogenated alkanes) is 22. The number of carbonyl (C=O) groups excluding carboxylic acids is 2. The largest absolute Gasteiger partial charge is 0.756 e. The number of esters is 1. The van der Waals surface area contributed by atoms with Gasteiger partial charge in [0.15, 0.2) is 0 Å². The zero-order valence-corrected chi connectivity index (χ0v) is 45.2. The second-order valence-electron chi connectivity index (χ2n) is 19.1. The molecule has 0 bridgehead atoms. The summed E-state index contributed by atoms with van der Waals surface area (Å²) in [4.78, 5) is 39.7. The number of rotatable bonds is 47. The Hall–Kier alpha value is -3.07. The number of likely N-dealkylation sites (N-methyl/N-ethyl adjacent to an activating group) is 1. The number of allylic oxidation sites excluding steroid dienone is 15. The van der Waals surface area contributed by atoms with Crippen molar-refractivity contribution in [1.82, 2.24) is 5.32 Å². The molecule has 9 nitrogen and oxygen atoms in total. The van der Waals surface area contributed by atoms with Crippen LogP contribution in [0, 0.1) is 0 Å². The third-order valence-electron chi connectivity index (χ3n) is 11.4. The van der Waals surface area contributed by atoms with Crippen LogP contribution in [0.25, 0.3) is 0 Å². The van der Waals surface area contributed by atoms with Gasteiger partial charge in [0, 0.05) is 12.8 Å². The van der Waals surface area contributed by atoms with E-state index < -0.39 is 32.5 Å². The van der Waals surface area contributed by atoms with Crippen LogP contribution in [0.2, 0.25) is 0 Å². The van der Waals surface area contributed by atoms with Crippen LogP contribution in [0.1, 0.15) is 207 Å². The summed E-state index contributed by atoms with van der Waals surface area (Å²) in [7, 11) is 1.13. The first-order chi connectivity index (χ1) is 32.9.